The van der Waals surface area contributed by atoms with E-state index in [1.165, 1.54) is 14.2 Å². The number of carbonyl (C=O) groups is 1. The van der Waals surface area contributed by atoms with Gasteiger partial charge in [0, 0.05) is 50.3 Å². The first-order chi connectivity index (χ1) is 15.0. The largest absolute Gasteiger partial charge is 0.473 e. The Labute approximate surface area is 194 Å². The number of pyridine rings is 1. The zero-order valence-corrected chi connectivity index (χ0v) is 19.1. The lowest BCUT2D eigenvalue weighted by Crippen LogP contribution is -2.29. The smallest absolute Gasteiger partial charge is 0.273 e. The van der Waals surface area contributed by atoms with Crippen LogP contribution in [-0.4, -0.2) is 30.8 Å². The molecule has 2 aromatic carbocycles. The Hall–Kier alpha value is -2.74. The number of halogens is 2. The first-order valence-electron chi connectivity index (χ1n) is 9.15. The molecule has 0 aliphatic carbocycles. The van der Waals surface area contributed by atoms with E-state index >= 15 is 0 Å². The van der Waals surface area contributed by atoms with Crippen LogP contribution in [0.3, 0.4) is 0 Å². The van der Waals surface area contributed by atoms with Crippen LogP contribution in [0.2, 0.25) is 10.0 Å². The third-order valence-electron chi connectivity index (χ3n) is 4.12. The van der Waals surface area contributed by atoms with Crippen LogP contribution in [0.25, 0.3) is 0 Å². The number of oxime groups is 1. The predicted molar refractivity (Wildman–Crippen MR) is 123 cm³/mol. The average Bonchev–Trinajstić information content (AvgIpc) is 2.78. The highest BCUT2D eigenvalue weighted by molar-refractivity contribution is 7.99. The number of aromatic nitrogens is 1. The molecule has 3 aromatic rings. The monoisotopic (exact) mass is 475 g/mol. The average molecular weight is 476 g/mol. The maximum atomic E-state index is 12.2. The Bertz CT molecular complexity index is 1070. The summed E-state index contributed by atoms with van der Waals surface area (Å²) in [4.78, 5) is 23.4. The molecule has 0 bridgehead atoms. The summed E-state index contributed by atoms with van der Waals surface area (Å²) in [6.07, 6.45) is 1.73. The van der Waals surface area contributed by atoms with Crippen molar-refractivity contribution in [3.05, 3.63) is 82.0 Å². The summed E-state index contributed by atoms with van der Waals surface area (Å²) >= 11 is 13.9. The fraction of sp³-hybridized carbons (Fsp3) is 0.136. The van der Waals surface area contributed by atoms with E-state index in [9.17, 15) is 4.79 Å². The van der Waals surface area contributed by atoms with Crippen molar-refractivity contribution < 1.29 is 14.4 Å². The Morgan fingerprint density at radius 1 is 1.10 bits per heavy atom. The molecule has 0 saturated heterocycles. The van der Waals surface area contributed by atoms with Crippen molar-refractivity contribution in [1.82, 2.24) is 10.3 Å². The second-order valence-corrected chi connectivity index (χ2v) is 8.13. The number of ether oxygens (including phenoxy) is 1. The minimum Gasteiger partial charge on any atom is -0.473 e. The molecular weight excluding hydrogens is 457 g/mol. The van der Waals surface area contributed by atoms with Crippen molar-refractivity contribution in [3.8, 4) is 5.88 Å². The molecule has 1 heterocycles. The number of nitrogens with zero attached hydrogens (tertiary/aromatic N) is 2. The van der Waals surface area contributed by atoms with Gasteiger partial charge in [-0.2, -0.15) is 0 Å². The van der Waals surface area contributed by atoms with Gasteiger partial charge in [0.15, 0.2) is 5.71 Å². The highest BCUT2D eigenvalue weighted by Crippen LogP contribution is 2.29. The van der Waals surface area contributed by atoms with E-state index in [4.69, 9.17) is 32.8 Å². The topological polar surface area (TPSA) is 72.8 Å². The van der Waals surface area contributed by atoms with E-state index in [1.807, 2.05) is 30.3 Å². The van der Waals surface area contributed by atoms with E-state index in [-0.39, 0.29) is 12.3 Å². The fourth-order valence-corrected chi connectivity index (χ4v) is 3.79. The molecule has 160 valence electrons. The number of likely N-dealkylation sites (N-methyl/N-ethyl adjacent to an activating group) is 1. The second kappa shape index (κ2) is 11.0. The van der Waals surface area contributed by atoms with Gasteiger partial charge in [-0.05, 0) is 36.4 Å². The standard InChI is InChI=1S/C22H19Cl2N3O3S/c1-25-22(28)21(27-29-2)17-4-3-5-19(24)18(17)13-30-20-11-10-16(12-26-20)31-15-8-6-14(23)7-9-15/h3-12H,13H2,1-2H3,(H,25,28)/b27-21+. The van der Waals surface area contributed by atoms with Gasteiger partial charge in [-0.3, -0.25) is 4.79 Å². The van der Waals surface area contributed by atoms with E-state index in [2.05, 4.69) is 15.5 Å². The summed E-state index contributed by atoms with van der Waals surface area (Å²) in [7, 11) is 2.89. The third kappa shape index (κ3) is 6.13. The summed E-state index contributed by atoms with van der Waals surface area (Å²) in [6, 6.07) is 16.5. The normalized spacial score (nSPS) is 11.2. The minimum absolute atomic E-state index is 0.103. The Morgan fingerprint density at radius 2 is 1.84 bits per heavy atom. The Morgan fingerprint density at radius 3 is 2.48 bits per heavy atom. The van der Waals surface area contributed by atoms with E-state index < -0.39 is 5.91 Å². The molecule has 0 fully saturated rings. The molecule has 31 heavy (non-hydrogen) atoms. The quantitative estimate of drug-likeness (QED) is 0.357. The van der Waals surface area contributed by atoms with Crippen molar-refractivity contribution in [1.29, 1.82) is 0 Å². The van der Waals surface area contributed by atoms with Gasteiger partial charge in [0.25, 0.3) is 5.91 Å². The molecule has 0 aliphatic rings. The maximum absolute atomic E-state index is 12.2. The van der Waals surface area contributed by atoms with Gasteiger partial charge in [-0.15, -0.1) is 0 Å². The molecule has 0 spiro atoms. The van der Waals surface area contributed by atoms with Gasteiger partial charge in [0.1, 0.15) is 13.7 Å². The Balaban J connectivity index is 1.74. The minimum atomic E-state index is -0.396. The first-order valence-corrected chi connectivity index (χ1v) is 10.7. The van der Waals surface area contributed by atoms with Crippen molar-refractivity contribution >= 4 is 46.6 Å². The van der Waals surface area contributed by atoms with Crippen molar-refractivity contribution in [2.75, 3.05) is 14.2 Å². The van der Waals surface area contributed by atoms with Crippen LogP contribution in [0.4, 0.5) is 0 Å². The lowest BCUT2D eigenvalue weighted by molar-refractivity contribution is -0.114. The van der Waals surface area contributed by atoms with Gasteiger partial charge in [0.05, 0.1) is 0 Å². The van der Waals surface area contributed by atoms with Crippen LogP contribution in [0.5, 0.6) is 5.88 Å². The Kier molecular flexibility index (Phi) is 8.17. The number of rotatable bonds is 8. The lowest BCUT2D eigenvalue weighted by Gasteiger charge is -2.13. The molecule has 6 nitrogen and oxygen atoms in total. The van der Waals surface area contributed by atoms with Crippen LogP contribution in [-0.2, 0) is 16.2 Å². The van der Waals surface area contributed by atoms with Crippen LogP contribution in [0.15, 0.2) is 75.7 Å². The number of benzene rings is 2. The molecule has 1 N–H and O–H groups in total. The zero-order chi connectivity index (χ0) is 22.2. The molecular formula is C22H19Cl2N3O3S. The van der Waals surface area contributed by atoms with Crippen molar-refractivity contribution in [3.63, 3.8) is 0 Å². The third-order valence-corrected chi connectivity index (χ3v) is 5.71. The van der Waals surface area contributed by atoms with Crippen molar-refractivity contribution in [2.24, 2.45) is 5.16 Å². The van der Waals surface area contributed by atoms with Crippen molar-refractivity contribution in [2.45, 2.75) is 16.4 Å². The van der Waals surface area contributed by atoms with E-state index in [1.54, 1.807) is 42.2 Å². The van der Waals surface area contributed by atoms with Crippen LogP contribution in [0, 0.1) is 0 Å². The molecule has 0 unspecified atom stereocenters. The summed E-state index contributed by atoms with van der Waals surface area (Å²) in [6.45, 7) is 0.103. The van der Waals surface area contributed by atoms with Gasteiger partial charge in [-0.25, -0.2) is 4.98 Å². The van der Waals surface area contributed by atoms with Gasteiger partial charge in [-0.1, -0.05) is 52.3 Å². The number of hydrogen-bond acceptors (Lipinski definition) is 6. The zero-order valence-electron chi connectivity index (χ0n) is 16.8. The molecule has 3 rings (SSSR count). The number of nitrogens with one attached hydrogen (secondary N) is 1. The van der Waals surface area contributed by atoms with Crippen LogP contribution in [0.1, 0.15) is 11.1 Å². The SMILES string of the molecule is CNC(=O)/C(=N/OC)c1cccc(Cl)c1COc1ccc(Sc2ccc(Cl)cc2)cn1. The molecule has 1 amide bonds. The number of amides is 1. The highest BCUT2D eigenvalue weighted by Gasteiger charge is 2.20. The summed E-state index contributed by atoms with van der Waals surface area (Å²) in [5.74, 6) is 0.0311. The molecule has 0 aliphatic heterocycles. The van der Waals surface area contributed by atoms with Gasteiger partial charge < -0.3 is 14.9 Å². The van der Waals surface area contributed by atoms with Crippen LogP contribution >= 0.6 is 35.0 Å². The molecule has 9 heteroatoms. The molecule has 0 saturated carbocycles. The molecule has 1 aromatic heterocycles. The summed E-state index contributed by atoms with van der Waals surface area (Å²) < 4.78 is 5.83. The fourth-order valence-electron chi connectivity index (χ4n) is 2.65. The molecule has 0 radical (unpaired) electrons. The summed E-state index contributed by atoms with van der Waals surface area (Å²) in [5, 5.41) is 7.52. The molecule has 0 atom stereocenters. The lowest BCUT2D eigenvalue weighted by atomic mass is 10.0. The number of hydrogen-bond donors (Lipinski definition) is 1. The maximum Gasteiger partial charge on any atom is 0.273 e. The van der Waals surface area contributed by atoms with E-state index in [0.29, 0.717) is 27.1 Å². The summed E-state index contributed by atoms with van der Waals surface area (Å²) in [5.41, 5.74) is 1.22. The van der Waals surface area contributed by atoms with Crippen LogP contribution < -0.4 is 10.1 Å². The highest BCUT2D eigenvalue weighted by atomic mass is 35.5. The first kappa shape index (κ1) is 22.9. The number of carbonyl (C=O) groups excluding carboxylic acids is 1. The predicted octanol–water partition coefficient (Wildman–Crippen LogP) is 5.22. The van der Waals surface area contributed by atoms with Gasteiger partial charge >= 0.3 is 0 Å². The second-order valence-electron chi connectivity index (χ2n) is 6.14. The van der Waals surface area contributed by atoms with Gasteiger partial charge in [0.2, 0.25) is 5.88 Å². The van der Waals surface area contributed by atoms with E-state index in [0.717, 1.165) is 9.79 Å².